The molecule has 2 rings (SSSR count). The van der Waals surface area contributed by atoms with Crippen LogP contribution in [0.1, 0.15) is 44.9 Å². The number of rotatable bonds is 3. The van der Waals surface area contributed by atoms with Crippen molar-refractivity contribution in [3.63, 3.8) is 0 Å². The Kier molecular flexibility index (Phi) is 3.01. The zero-order chi connectivity index (χ0) is 10.9. The molecule has 15 heavy (non-hydrogen) atoms. The number of carboxylic acid groups (broad SMARTS) is 1. The summed E-state index contributed by atoms with van der Waals surface area (Å²) in [5.41, 5.74) is 5.85. The Morgan fingerprint density at radius 2 is 1.67 bits per heavy atom. The van der Waals surface area contributed by atoms with Gasteiger partial charge in [0.1, 0.15) is 0 Å². The molecule has 0 heterocycles. The fraction of sp³-hybridized carbons (Fsp3) is 0.917. The van der Waals surface area contributed by atoms with E-state index in [1.54, 1.807) is 0 Å². The molecular weight excluding hydrogens is 190 g/mol. The van der Waals surface area contributed by atoms with E-state index in [0.29, 0.717) is 24.8 Å². The first kappa shape index (κ1) is 10.9. The van der Waals surface area contributed by atoms with Crippen LogP contribution in [-0.2, 0) is 4.79 Å². The van der Waals surface area contributed by atoms with Gasteiger partial charge in [0.15, 0.2) is 0 Å². The first-order valence-electron chi connectivity index (χ1n) is 6.11. The second-order valence-corrected chi connectivity index (χ2v) is 5.26. The first-order valence-corrected chi connectivity index (χ1v) is 6.11. The van der Waals surface area contributed by atoms with Crippen molar-refractivity contribution in [3.05, 3.63) is 0 Å². The smallest absolute Gasteiger partial charge is 0.303 e. The Bertz CT molecular complexity index is 230. The van der Waals surface area contributed by atoms with Crippen molar-refractivity contribution >= 4 is 5.97 Å². The maximum atomic E-state index is 11.0. The summed E-state index contributed by atoms with van der Waals surface area (Å²) in [6, 6.07) is 0. The molecule has 0 aromatic rings. The number of carboxylic acids is 1. The molecule has 0 unspecified atom stereocenters. The number of hydrogen-bond acceptors (Lipinski definition) is 2. The van der Waals surface area contributed by atoms with Crippen molar-refractivity contribution in [2.24, 2.45) is 23.0 Å². The monoisotopic (exact) mass is 211 g/mol. The third-order valence-electron chi connectivity index (χ3n) is 4.70. The molecule has 2 aliphatic rings. The molecule has 0 amide bonds. The van der Waals surface area contributed by atoms with Crippen molar-refractivity contribution in [1.82, 2.24) is 0 Å². The van der Waals surface area contributed by atoms with Crippen LogP contribution in [0.2, 0.25) is 0 Å². The van der Waals surface area contributed by atoms with E-state index < -0.39 is 5.97 Å². The van der Waals surface area contributed by atoms with Gasteiger partial charge in [-0.25, -0.2) is 0 Å². The molecule has 0 aliphatic heterocycles. The minimum atomic E-state index is -0.667. The molecule has 0 aromatic heterocycles. The van der Waals surface area contributed by atoms with E-state index in [2.05, 4.69) is 0 Å². The van der Waals surface area contributed by atoms with Gasteiger partial charge in [-0.05, 0) is 49.5 Å². The Morgan fingerprint density at radius 3 is 2.00 bits per heavy atom. The highest BCUT2D eigenvalue weighted by Gasteiger charge is 2.49. The summed E-state index contributed by atoms with van der Waals surface area (Å²) in [6.45, 7) is 0.564. The number of fused-ring (bicyclic) bond motifs is 2. The van der Waals surface area contributed by atoms with E-state index in [0.717, 1.165) is 0 Å². The third-order valence-corrected chi connectivity index (χ3v) is 4.70. The Balaban J connectivity index is 2.23. The minimum Gasteiger partial charge on any atom is -0.481 e. The van der Waals surface area contributed by atoms with Crippen molar-refractivity contribution in [2.45, 2.75) is 44.9 Å². The van der Waals surface area contributed by atoms with Crippen LogP contribution in [0.25, 0.3) is 0 Å². The lowest BCUT2D eigenvalue weighted by molar-refractivity contribution is -0.144. The summed E-state index contributed by atoms with van der Waals surface area (Å²) in [7, 11) is 0. The standard InChI is InChI=1S/C12H21NO2/c13-8-12(7-11(14)15)9-3-1-4-10(12)6-2-5-9/h9-10H,1-8,13H2,(H,14,15). The third kappa shape index (κ3) is 1.78. The van der Waals surface area contributed by atoms with Crippen LogP contribution in [0.5, 0.6) is 0 Å². The average Bonchev–Trinajstić information content (AvgIpc) is 2.15. The molecule has 3 nitrogen and oxygen atoms in total. The average molecular weight is 211 g/mol. The predicted molar refractivity (Wildman–Crippen MR) is 58.4 cm³/mol. The van der Waals surface area contributed by atoms with E-state index in [4.69, 9.17) is 10.8 Å². The maximum Gasteiger partial charge on any atom is 0.303 e. The first-order chi connectivity index (χ1) is 7.19. The number of nitrogens with two attached hydrogens (primary N) is 1. The van der Waals surface area contributed by atoms with Crippen molar-refractivity contribution in [2.75, 3.05) is 6.54 Å². The van der Waals surface area contributed by atoms with Crippen LogP contribution >= 0.6 is 0 Å². The van der Waals surface area contributed by atoms with E-state index in [1.165, 1.54) is 38.5 Å². The largest absolute Gasteiger partial charge is 0.481 e. The lowest BCUT2D eigenvalue weighted by Gasteiger charge is -2.52. The molecule has 0 saturated heterocycles. The summed E-state index contributed by atoms with van der Waals surface area (Å²) in [5, 5.41) is 9.06. The topological polar surface area (TPSA) is 63.3 Å². The van der Waals surface area contributed by atoms with Gasteiger partial charge in [-0.2, -0.15) is 0 Å². The summed E-state index contributed by atoms with van der Waals surface area (Å²) in [5.74, 6) is 0.483. The zero-order valence-corrected chi connectivity index (χ0v) is 9.24. The van der Waals surface area contributed by atoms with Gasteiger partial charge in [0, 0.05) is 0 Å². The van der Waals surface area contributed by atoms with E-state index in [1.807, 2.05) is 0 Å². The molecular formula is C12H21NO2. The van der Waals surface area contributed by atoms with Gasteiger partial charge in [-0.3, -0.25) is 4.79 Å². The quantitative estimate of drug-likeness (QED) is 0.750. The Labute approximate surface area is 91.0 Å². The lowest BCUT2D eigenvalue weighted by atomic mass is 9.53. The molecule has 2 aliphatic carbocycles. The Morgan fingerprint density at radius 1 is 1.20 bits per heavy atom. The lowest BCUT2D eigenvalue weighted by Crippen LogP contribution is -2.50. The molecule has 3 N–H and O–H groups in total. The Hall–Kier alpha value is -0.570. The fourth-order valence-corrected chi connectivity index (χ4v) is 3.97. The molecule has 0 aromatic carbocycles. The van der Waals surface area contributed by atoms with Gasteiger partial charge in [-0.1, -0.05) is 12.8 Å². The second kappa shape index (κ2) is 4.12. The van der Waals surface area contributed by atoms with Gasteiger partial charge in [0.25, 0.3) is 0 Å². The SMILES string of the molecule is NCC1(CC(=O)O)C2CCCC1CCC2. The summed E-state index contributed by atoms with van der Waals surface area (Å²) in [4.78, 5) is 11.0. The van der Waals surface area contributed by atoms with Crippen LogP contribution in [-0.4, -0.2) is 17.6 Å². The molecule has 2 bridgehead atoms. The van der Waals surface area contributed by atoms with E-state index >= 15 is 0 Å². The molecule has 2 fully saturated rings. The van der Waals surface area contributed by atoms with E-state index in [-0.39, 0.29) is 5.41 Å². The van der Waals surface area contributed by atoms with Crippen molar-refractivity contribution < 1.29 is 9.90 Å². The second-order valence-electron chi connectivity index (χ2n) is 5.26. The number of hydrogen-bond donors (Lipinski definition) is 2. The van der Waals surface area contributed by atoms with Gasteiger partial charge < -0.3 is 10.8 Å². The zero-order valence-electron chi connectivity index (χ0n) is 9.24. The molecule has 0 atom stereocenters. The highest BCUT2D eigenvalue weighted by Crippen LogP contribution is 2.54. The number of carbonyl (C=O) groups is 1. The molecule has 86 valence electrons. The van der Waals surface area contributed by atoms with Crippen LogP contribution < -0.4 is 5.73 Å². The van der Waals surface area contributed by atoms with Gasteiger partial charge in [0.2, 0.25) is 0 Å². The predicted octanol–water partition coefficient (Wildman–Crippen LogP) is 2.01. The van der Waals surface area contributed by atoms with Gasteiger partial charge in [0.05, 0.1) is 6.42 Å². The summed E-state index contributed by atoms with van der Waals surface area (Å²) in [6.07, 6.45) is 7.62. The minimum absolute atomic E-state index is 0.0671. The molecule has 0 spiro atoms. The highest BCUT2D eigenvalue weighted by atomic mass is 16.4. The van der Waals surface area contributed by atoms with Crippen molar-refractivity contribution in [3.8, 4) is 0 Å². The molecule has 0 radical (unpaired) electrons. The van der Waals surface area contributed by atoms with Crippen LogP contribution in [0.4, 0.5) is 0 Å². The highest BCUT2D eigenvalue weighted by molar-refractivity contribution is 5.68. The van der Waals surface area contributed by atoms with Crippen LogP contribution in [0, 0.1) is 17.3 Å². The summed E-state index contributed by atoms with van der Waals surface area (Å²) < 4.78 is 0. The van der Waals surface area contributed by atoms with Gasteiger partial charge >= 0.3 is 5.97 Å². The fourth-order valence-electron chi connectivity index (χ4n) is 3.97. The molecule has 2 saturated carbocycles. The van der Waals surface area contributed by atoms with Crippen molar-refractivity contribution in [1.29, 1.82) is 0 Å². The van der Waals surface area contributed by atoms with Gasteiger partial charge in [-0.15, -0.1) is 0 Å². The maximum absolute atomic E-state index is 11.0. The van der Waals surface area contributed by atoms with Crippen LogP contribution in [0.3, 0.4) is 0 Å². The number of aliphatic carboxylic acids is 1. The van der Waals surface area contributed by atoms with E-state index in [9.17, 15) is 4.79 Å². The summed E-state index contributed by atoms with van der Waals surface area (Å²) >= 11 is 0. The normalized spacial score (nSPS) is 40.1. The van der Waals surface area contributed by atoms with Crippen LogP contribution in [0.15, 0.2) is 0 Å². The molecule has 3 heteroatoms.